The van der Waals surface area contributed by atoms with Crippen molar-refractivity contribution in [3.63, 3.8) is 0 Å². The Morgan fingerprint density at radius 1 is 1.35 bits per heavy atom. The van der Waals surface area contributed by atoms with E-state index >= 15 is 0 Å². The number of nitrogens with zero attached hydrogens (tertiary/aromatic N) is 2. The maximum Gasteiger partial charge on any atom is 0.276 e. The average molecular weight is 357 g/mol. The van der Waals surface area contributed by atoms with E-state index in [0.717, 1.165) is 10.0 Å². The Morgan fingerprint density at radius 2 is 2.10 bits per heavy atom. The van der Waals surface area contributed by atoms with Crippen LogP contribution in [0, 0.1) is 6.92 Å². The number of nitrogens with one attached hydrogen (secondary N) is 2. The van der Waals surface area contributed by atoms with E-state index in [2.05, 4.69) is 36.9 Å². The van der Waals surface area contributed by atoms with Crippen LogP contribution in [0.25, 0.3) is 0 Å². The summed E-state index contributed by atoms with van der Waals surface area (Å²) in [5.74, 6) is 5.17. The monoisotopic (exact) mass is 355 g/mol. The van der Waals surface area contributed by atoms with Crippen LogP contribution in [0.2, 0.25) is 5.02 Å². The van der Waals surface area contributed by atoms with E-state index < -0.39 is 0 Å². The van der Waals surface area contributed by atoms with Crippen molar-refractivity contribution in [2.45, 2.75) is 6.92 Å². The summed E-state index contributed by atoms with van der Waals surface area (Å²) in [6, 6.07) is 6.56. The Hall–Kier alpha value is -1.70. The first-order chi connectivity index (χ1) is 9.51. The molecule has 0 fully saturated rings. The average Bonchev–Trinajstić information content (AvgIpc) is 2.44. The number of carbonyl (C=O) groups excluding carboxylic acids is 1. The minimum Gasteiger partial charge on any atom is -0.319 e. The summed E-state index contributed by atoms with van der Waals surface area (Å²) in [5, 5.41) is 10.8. The summed E-state index contributed by atoms with van der Waals surface area (Å²) in [6.07, 6.45) is 0. The predicted octanol–water partition coefficient (Wildman–Crippen LogP) is 2.74. The second-order valence-corrected chi connectivity index (χ2v) is 5.25. The number of benzene rings is 1. The summed E-state index contributed by atoms with van der Waals surface area (Å²) in [5.41, 5.74) is 3.98. The zero-order valence-corrected chi connectivity index (χ0v) is 12.8. The van der Waals surface area contributed by atoms with Gasteiger partial charge in [-0.1, -0.05) is 11.6 Å². The van der Waals surface area contributed by atoms with Crippen molar-refractivity contribution in [2.75, 3.05) is 10.7 Å². The lowest BCUT2D eigenvalue weighted by molar-refractivity contribution is 0.102. The number of nitrogens with two attached hydrogens (primary N) is 1. The smallest absolute Gasteiger partial charge is 0.276 e. The van der Waals surface area contributed by atoms with Crippen molar-refractivity contribution in [2.24, 2.45) is 5.84 Å². The number of hydrogen-bond acceptors (Lipinski definition) is 5. The molecule has 0 radical (unpaired) electrons. The lowest BCUT2D eigenvalue weighted by Crippen LogP contribution is -2.16. The maximum absolute atomic E-state index is 12.0. The van der Waals surface area contributed by atoms with Crippen LogP contribution >= 0.6 is 27.5 Å². The largest absolute Gasteiger partial charge is 0.319 e. The van der Waals surface area contributed by atoms with Gasteiger partial charge in [0, 0.05) is 9.50 Å². The Morgan fingerprint density at radius 3 is 2.70 bits per heavy atom. The fourth-order valence-corrected chi connectivity index (χ4v) is 2.18. The lowest BCUT2D eigenvalue weighted by atomic mass is 10.2. The van der Waals surface area contributed by atoms with Crippen molar-refractivity contribution in [1.82, 2.24) is 10.2 Å². The molecule has 6 nitrogen and oxygen atoms in total. The topological polar surface area (TPSA) is 92.9 Å². The van der Waals surface area contributed by atoms with Gasteiger partial charge in [0.05, 0.1) is 5.69 Å². The first-order valence-electron chi connectivity index (χ1n) is 5.58. The molecule has 0 aliphatic rings. The quantitative estimate of drug-likeness (QED) is 0.581. The first kappa shape index (κ1) is 14.7. The number of amides is 1. The van der Waals surface area contributed by atoms with Gasteiger partial charge in [-0.25, -0.2) is 5.84 Å². The molecule has 0 spiro atoms. The molecule has 0 aliphatic heterocycles. The molecule has 2 aromatic rings. The van der Waals surface area contributed by atoms with Crippen LogP contribution in [-0.4, -0.2) is 16.1 Å². The van der Waals surface area contributed by atoms with Crippen molar-refractivity contribution >= 4 is 44.9 Å². The summed E-state index contributed by atoms with van der Waals surface area (Å²) in [7, 11) is 0. The van der Waals surface area contributed by atoms with E-state index in [1.165, 1.54) is 6.07 Å². The van der Waals surface area contributed by atoms with Crippen LogP contribution in [-0.2, 0) is 0 Å². The van der Waals surface area contributed by atoms with Crippen LogP contribution in [0.4, 0.5) is 11.5 Å². The molecule has 104 valence electrons. The zero-order valence-electron chi connectivity index (χ0n) is 10.4. The molecule has 1 amide bonds. The molecule has 0 bridgehead atoms. The second kappa shape index (κ2) is 6.17. The van der Waals surface area contributed by atoms with Crippen molar-refractivity contribution in [3.05, 3.63) is 45.0 Å². The molecule has 0 aliphatic carbocycles. The number of aryl methyl sites for hydroxylation is 1. The van der Waals surface area contributed by atoms with Crippen molar-refractivity contribution in [3.8, 4) is 0 Å². The van der Waals surface area contributed by atoms with Gasteiger partial charge in [-0.3, -0.25) is 4.79 Å². The summed E-state index contributed by atoms with van der Waals surface area (Å²) >= 11 is 9.40. The zero-order chi connectivity index (χ0) is 14.7. The fraction of sp³-hybridized carbons (Fsp3) is 0.0833. The second-order valence-electron chi connectivity index (χ2n) is 3.98. The number of halogens is 2. The van der Waals surface area contributed by atoms with E-state index in [1.807, 2.05) is 13.0 Å². The third kappa shape index (κ3) is 3.24. The van der Waals surface area contributed by atoms with Crippen molar-refractivity contribution < 1.29 is 4.79 Å². The molecule has 0 atom stereocenters. The molecule has 4 N–H and O–H groups in total. The molecular formula is C12H11BrClN5O. The lowest BCUT2D eigenvalue weighted by Gasteiger charge is -2.09. The highest BCUT2D eigenvalue weighted by Crippen LogP contribution is 2.29. The highest BCUT2D eigenvalue weighted by Gasteiger charge is 2.12. The molecule has 0 saturated heterocycles. The first-order valence-corrected chi connectivity index (χ1v) is 6.75. The van der Waals surface area contributed by atoms with Gasteiger partial charge in [0.1, 0.15) is 0 Å². The predicted molar refractivity (Wildman–Crippen MR) is 81.7 cm³/mol. The number of rotatable bonds is 3. The molecular weight excluding hydrogens is 346 g/mol. The summed E-state index contributed by atoms with van der Waals surface area (Å²) in [4.78, 5) is 12.0. The van der Waals surface area contributed by atoms with Crippen LogP contribution in [0.1, 0.15) is 16.1 Å². The van der Waals surface area contributed by atoms with Gasteiger partial charge in [0.2, 0.25) is 0 Å². The Balaban J connectivity index is 2.20. The van der Waals surface area contributed by atoms with Gasteiger partial charge in [-0.2, -0.15) is 0 Å². The molecule has 0 unspecified atom stereocenters. The van der Waals surface area contributed by atoms with Crippen LogP contribution in [0.15, 0.2) is 28.7 Å². The van der Waals surface area contributed by atoms with E-state index in [4.69, 9.17) is 17.4 Å². The normalized spacial score (nSPS) is 10.2. The Kier molecular flexibility index (Phi) is 4.53. The van der Waals surface area contributed by atoms with Crippen LogP contribution in [0.5, 0.6) is 0 Å². The summed E-state index contributed by atoms with van der Waals surface area (Å²) in [6.45, 7) is 1.88. The fourth-order valence-electron chi connectivity index (χ4n) is 1.46. The molecule has 0 saturated carbocycles. The summed E-state index contributed by atoms with van der Waals surface area (Å²) < 4.78 is 0.737. The van der Waals surface area contributed by atoms with Gasteiger partial charge in [-0.05, 0) is 52.7 Å². The van der Waals surface area contributed by atoms with Gasteiger partial charge in [0.25, 0.3) is 5.91 Å². The number of hydrogen-bond donors (Lipinski definition) is 3. The van der Waals surface area contributed by atoms with E-state index in [-0.39, 0.29) is 11.6 Å². The number of anilines is 2. The molecule has 20 heavy (non-hydrogen) atoms. The highest BCUT2D eigenvalue weighted by atomic mass is 79.9. The van der Waals surface area contributed by atoms with E-state index in [1.54, 1.807) is 12.1 Å². The number of nitrogen functional groups attached to an aromatic ring is 1. The van der Waals surface area contributed by atoms with E-state index in [9.17, 15) is 4.79 Å². The van der Waals surface area contributed by atoms with Crippen LogP contribution in [0.3, 0.4) is 0 Å². The minimum atomic E-state index is -0.387. The Bertz CT molecular complexity index is 647. The highest BCUT2D eigenvalue weighted by molar-refractivity contribution is 9.10. The standard InChI is InChI=1S/C12H11BrClN5O/c1-6-4-7(13)10(5-8(6)14)16-12(20)9-2-3-11(17-15)19-18-9/h2-5H,15H2,1H3,(H,16,20)(H,17,19). The number of carbonyl (C=O) groups is 1. The van der Waals surface area contributed by atoms with Crippen LogP contribution < -0.4 is 16.6 Å². The molecule has 8 heteroatoms. The number of aromatic nitrogens is 2. The van der Waals surface area contributed by atoms with E-state index in [0.29, 0.717) is 16.5 Å². The van der Waals surface area contributed by atoms with Crippen molar-refractivity contribution in [1.29, 1.82) is 0 Å². The van der Waals surface area contributed by atoms with Gasteiger partial charge < -0.3 is 10.7 Å². The maximum atomic E-state index is 12.0. The van der Waals surface area contributed by atoms with Gasteiger partial charge in [0.15, 0.2) is 11.5 Å². The molecule has 2 rings (SSSR count). The van der Waals surface area contributed by atoms with Gasteiger partial charge >= 0.3 is 0 Å². The molecule has 1 aromatic heterocycles. The minimum absolute atomic E-state index is 0.174. The SMILES string of the molecule is Cc1cc(Br)c(NC(=O)c2ccc(NN)nn2)cc1Cl. The van der Waals surface area contributed by atoms with Gasteiger partial charge in [-0.15, -0.1) is 10.2 Å². The molecule has 1 aromatic carbocycles. The third-order valence-corrected chi connectivity index (χ3v) is 3.60. The third-order valence-electron chi connectivity index (χ3n) is 2.54. The number of hydrazine groups is 1. The Labute approximate surface area is 128 Å². The molecule has 1 heterocycles.